The summed E-state index contributed by atoms with van der Waals surface area (Å²) in [5.74, 6) is 0. The number of aromatic nitrogens is 1. The van der Waals surface area contributed by atoms with Crippen molar-refractivity contribution in [3.05, 3.63) is 58.4 Å². The van der Waals surface area contributed by atoms with Gasteiger partial charge in [-0.1, -0.05) is 23.7 Å². The molecule has 0 bridgehead atoms. The minimum Gasteiger partial charge on any atom is -0.342 e. The van der Waals surface area contributed by atoms with Crippen LogP contribution in [0.25, 0.3) is 0 Å². The summed E-state index contributed by atoms with van der Waals surface area (Å²) in [5, 5.41) is 13.1. The van der Waals surface area contributed by atoms with Crippen molar-refractivity contribution >= 4 is 11.6 Å². The summed E-state index contributed by atoms with van der Waals surface area (Å²) in [6.07, 6.45) is 1.97. The number of hydrogen-bond acceptors (Lipinski definition) is 2. The third-order valence-electron chi connectivity index (χ3n) is 3.16. The minimum absolute atomic E-state index is 0.239. The predicted octanol–water partition coefficient (Wildman–Crippen LogP) is 3.40. The van der Waals surface area contributed by atoms with Gasteiger partial charge in [0.05, 0.1) is 0 Å². The first kappa shape index (κ1) is 13.7. The minimum atomic E-state index is 0.239. The molecule has 0 amide bonds. The van der Waals surface area contributed by atoms with Gasteiger partial charge in [-0.25, -0.2) is 0 Å². The maximum absolute atomic E-state index is 8.91. The molecular weight excluding hydrogens is 258 g/mol. The molecule has 0 saturated carbocycles. The van der Waals surface area contributed by atoms with E-state index in [1.807, 2.05) is 48.1 Å². The maximum atomic E-state index is 8.91. The van der Waals surface area contributed by atoms with Crippen LogP contribution in [0.1, 0.15) is 29.8 Å². The number of nitrogens with zero attached hydrogens (tertiary/aromatic N) is 2. The summed E-state index contributed by atoms with van der Waals surface area (Å²) < 4.78 is 1.84. The van der Waals surface area contributed by atoms with E-state index in [1.54, 1.807) is 0 Å². The lowest BCUT2D eigenvalue weighted by molar-refractivity contribution is 0.574. The molecule has 1 aromatic heterocycles. The van der Waals surface area contributed by atoms with E-state index in [1.165, 1.54) is 5.56 Å². The summed E-state index contributed by atoms with van der Waals surface area (Å²) in [5.41, 5.74) is 2.98. The molecule has 2 rings (SSSR count). The Morgan fingerprint density at radius 1 is 1.37 bits per heavy atom. The van der Waals surface area contributed by atoms with Crippen molar-refractivity contribution < 1.29 is 0 Å². The Bertz CT molecular complexity index is 593. The molecule has 98 valence electrons. The fraction of sp³-hybridized carbons (Fsp3) is 0.267. The lowest BCUT2D eigenvalue weighted by Crippen LogP contribution is -2.17. The Kier molecular flexibility index (Phi) is 4.26. The molecule has 0 aliphatic rings. The van der Waals surface area contributed by atoms with Gasteiger partial charge in [-0.15, -0.1) is 0 Å². The van der Waals surface area contributed by atoms with Crippen LogP contribution < -0.4 is 5.32 Å². The van der Waals surface area contributed by atoms with Gasteiger partial charge < -0.3 is 9.88 Å². The van der Waals surface area contributed by atoms with E-state index < -0.39 is 0 Å². The Morgan fingerprint density at radius 2 is 2.05 bits per heavy atom. The summed E-state index contributed by atoms with van der Waals surface area (Å²) in [6.45, 7) is 2.84. The van der Waals surface area contributed by atoms with Gasteiger partial charge in [-0.3, -0.25) is 0 Å². The second-order valence-electron chi connectivity index (χ2n) is 4.61. The molecule has 0 radical (unpaired) electrons. The molecule has 0 aliphatic heterocycles. The molecule has 1 atom stereocenters. The van der Waals surface area contributed by atoms with Crippen LogP contribution in [0.2, 0.25) is 5.02 Å². The molecule has 1 N–H and O–H groups in total. The maximum Gasteiger partial charge on any atom is 0.120 e. The van der Waals surface area contributed by atoms with Gasteiger partial charge in [0.1, 0.15) is 11.8 Å². The largest absolute Gasteiger partial charge is 0.342 e. The molecule has 0 aliphatic carbocycles. The zero-order valence-corrected chi connectivity index (χ0v) is 11.8. The third-order valence-corrected chi connectivity index (χ3v) is 3.41. The molecule has 19 heavy (non-hydrogen) atoms. The van der Waals surface area contributed by atoms with Crippen LogP contribution >= 0.6 is 11.6 Å². The van der Waals surface area contributed by atoms with E-state index in [2.05, 4.69) is 18.3 Å². The van der Waals surface area contributed by atoms with Crippen molar-refractivity contribution in [2.75, 3.05) is 0 Å². The van der Waals surface area contributed by atoms with E-state index in [4.69, 9.17) is 16.9 Å². The van der Waals surface area contributed by atoms with Gasteiger partial charge in [0.25, 0.3) is 0 Å². The number of nitrogens with one attached hydrogen (secondary N) is 1. The van der Waals surface area contributed by atoms with E-state index in [-0.39, 0.29) is 6.04 Å². The van der Waals surface area contributed by atoms with Crippen LogP contribution in [0.15, 0.2) is 36.5 Å². The molecule has 0 spiro atoms. The first-order valence-corrected chi connectivity index (χ1v) is 6.52. The van der Waals surface area contributed by atoms with Gasteiger partial charge in [0.15, 0.2) is 0 Å². The predicted molar refractivity (Wildman–Crippen MR) is 76.8 cm³/mol. The van der Waals surface area contributed by atoms with E-state index in [0.717, 1.165) is 17.1 Å². The SMILES string of the molecule is C[C@@H](NCc1cc(C#N)n(C)c1)c1ccc(Cl)cc1. The second-order valence-corrected chi connectivity index (χ2v) is 5.05. The number of rotatable bonds is 4. The number of halogens is 1. The van der Waals surface area contributed by atoms with E-state index in [0.29, 0.717) is 5.69 Å². The van der Waals surface area contributed by atoms with E-state index in [9.17, 15) is 0 Å². The lowest BCUT2D eigenvalue weighted by Gasteiger charge is -2.13. The Hall–Kier alpha value is -1.76. The molecule has 4 heteroatoms. The van der Waals surface area contributed by atoms with Crippen LogP contribution in [0.5, 0.6) is 0 Å². The second kappa shape index (κ2) is 5.92. The van der Waals surface area contributed by atoms with E-state index >= 15 is 0 Å². The Labute approximate surface area is 118 Å². The van der Waals surface area contributed by atoms with Crippen LogP contribution in [-0.4, -0.2) is 4.57 Å². The third kappa shape index (κ3) is 3.37. The Balaban J connectivity index is 1.98. The number of nitriles is 1. The number of benzene rings is 1. The van der Waals surface area contributed by atoms with Gasteiger partial charge in [-0.05, 0) is 36.2 Å². The summed E-state index contributed by atoms with van der Waals surface area (Å²) >= 11 is 5.87. The monoisotopic (exact) mass is 273 g/mol. The molecule has 2 aromatic rings. The highest BCUT2D eigenvalue weighted by atomic mass is 35.5. The summed E-state index contributed by atoms with van der Waals surface area (Å²) in [4.78, 5) is 0. The van der Waals surface area contributed by atoms with Crippen molar-refractivity contribution in [3.8, 4) is 6.07 Å². The van der Waals surface area contributed by atoms with Crippen LogP contribution in [0, 0.1) is 11.3 Å². The molecule has 1 aromatic carbocycles. The first-order valence-electron chi connectivity index (χ1n) is 6.14. The van der Waals surface area contributed by atoms with Crippen LogP contribution in [-0.2, 0) is 13.6 Å². The molecule has 1 heterocycles. The van der Waals surface area contributed by atoms with Crippen molar-refractivity contribution in [2.45, 2.75) is 19.5 Å². The Morgan fingerprint density at radius 3 is 2.63 bits per heavy atom. The summed E-state index contributed by atoms with van der Waals surface area (Å²) in [6, 6.07) is 12.1. The smallest absolute Gasteiger partial charge is 0.120 e. The standard InChI is InChI=1S/C15H16ClN3/c1-11(13-3-5-14(16)6-4-13)18-9-12-7-15(8-17)19(2)10-12/h3-7,10-11,18H,9H2,1-2H3/t11-/m1/s1. The normalized spacial score (nSPS) is 12.1. The highest BCUT2D eigenvalue weighted by Crippen LogP contribution is 2.16. The lowest BCUT2D eigenvalue weighted by atomic mass is 10.1. The fourth-order valence-electron chi connectivity index (χ4n) is 1.98. The van der Waals surface area contributed by atoms with Crippen molar-refractivity contribution in [1.82, 2.24) is 9.88 Å². The quantitative estimate of drug-likeness (QED) is 0.927. The number of aryl methyl sites for hydroxylation is 1. The molecule has 0 unspecified atom stereocenters. The highest BCUT2D eigenvalue weighted by molar-refractivity contribution is 6.30. The van der Waals surface area contributed by atoms with Crippen LogP contribution in [0.3, 0.4) is 0 Å². The van der Waals surface area contributed by atoms with Crippen molar-refractivity contribution in [2.24, 2.45) is 7.05 Å². The zero-order chi connectivity index (χ0) is 13.8. The fourth-order valence-corrected chi connectivity index (χ4v) is 2.11. The van der Waals surface area contributed by atoms with Gasteiger partial charge in [0, 0.05) is 30.9 Å². The van der Waals surface area contributed by atoms with Crippen molar-refractivity contribution in [1.29, 1.82) is 5.26 Å². The average Bonchev–Trinajstić information content (AvgIpc) is 2.77. The topological polar surface area (TPSA) is 40.8 Å². The van der Waals surface area contributed by atoms with Crippen LogP contribution in [0.4, 0.5) is 0 Å². The highest BCUT2D eigenvalue weighted by Gasteiger charge is 2.06. The van der Waals surface area contributed by atoms with Gasteiger partial charge in [-0.2, -0.15) is 5.26 Å². The van der Waals surface area contributed by atoms with Gasteiger partial charge in [0.2, 0.25) is 0 Å². The molecule has 0 fully saturated rings. The zero-order valence-electron chi connectivity index (χ0n) is 11.0. The van der Waals surface area contributed by atoms with Crippen molar-refractivity contribution in [3.63, 3.8) is 0 Å². The average molecular weight is 274 g/mol. The molecule has 0 saturated heterocycles. The van der Waals surface area contributed by atoms with Gasteiger partial charge >= 0.3 is 0 Å². The first-order chi connectivity index (χ1) is 9.10. The molecule has 3 nitrogen and oxygen atoms in total. The summed E-state index contributed by atoms with van der Waals surface area (Å²) in [7, 11) is 1.88. The molecular formula is C15H16ClN3. The number of hydrogen-bond donors (Lipinski definition) is 1.